The molecule has 4 rings (SSSR count). The van der Waals surface area contributed by atoms with E-state index < -0.39 is 0 Å². The van der Waals surface area contributed by atoms with E-state index in [1.165, 1.54) is 12.2 Å². The fourth-order valence-corrected chi connectivity index (χ4v) is 3.12. The zero-order valence-electron chi connectivity index (χ0n) is 16.7. The van der Waals surface area contributed by atoms with Gasteiger partial charge in [0.05, 0.1) is 13.1 Å². The summed E-state index contributed by atoms with van der Waals surface area (Å²) in [5, 5.41) is 11.9. The summed E-state index contributed by atoms with van der Waals surface area (Å²) in [7, 11) is 0. The van der Waals surface area contributed by atoms with Crippen molar-refractivity contribution in [2.24, 2.45) is 9.98 Å². The third-order valence-electron chi connectivity index (χ3n) is 4.59. The molecule has 0 spiro atoms. The second-order valence-corrected chi connectivity index (χ2v) is 6.78. The van der Waals surface area contributed by atoms with E-state index >= 15 is 0 Å². The molecule has 0 fully saturated rings. The first kappa shape index (κ1) is 22.0. The quantitative estimate of drug-likeness (QED) is 0.517. The molecule has 2 aromatic carbocycles. The van der Waals surface area contributed by atoms with Gasteiger partial charge in [-0.3, -0.25) is 19.6 Å². The van der Waals surface area contributed by atoms with E-state index in [2.05, 4.69) is 31.3 Å². The maximum Gasteiger partial charge on any atom is 0.248 e. The number of aliphatic imine (C=N–C) groups is 2. The fraction of sp³-hybridized carbons (Fsp3) is 0.182. The molecular formula is C22H23ClN6O2. The van der Waals surface area contributed by atoms with Crippen molar-refractivity contribution in [3.63, 3.8) is 0 Å². The number of anilines is 2. The molecule has 0 saturated carbocycles. The van der Waals surface area contributed by atoms with Crippen molar-refractivity contribution in [2.45, 2.75) is 0 Å². The molecule has 0 bridgehead atoms. The molecule has 0 saturated heterocycles. The van der Waals surface area contributed by atoms with Crippen LogP contribution in [0.3, 0.4) is 0 Å². The van der Waals surface area contributed by atoms with Crippen molar-refractivity contribution >= 4 is 47.3 Å². The van der Waals surface area contributed by atoms with Crippen molar-refractivity contribution in [3.8, 4) is 0 Å². The predicted molar refractivity (Wildman–Crippen MR) is 125 cm³/mol. The van der Waals surface area contributed by atoms with E-state index in [1.54, 1.807) is 24.3 Å². The molecule has 31 heavy (non-hydrogen) atoms. The molecule has 2 aliphatic heterocycles. The summed E-state index contributed by atoms with van der Waals surface area (Å²) in [6, 6.07) is 14.8. The molecular weight excluding hydrogens is 416 g/mol. The number of halogens is 1. The third-order valence-corrected chi connectivity index (χ3v) is 4.59. The summed E-state index contributed by atoms with van der Waals surface area (Å²) in [4.78, 5) is 32.9. The first-order chi connectivity index (χ1) is 14.7. The maximum atomic E-state index is 12.1. The van der Waals surface area contributed by atoms with Crippen molar-refractivity contribution in [3.05, 3.63) is 71.8 Å². The first-order valence-corrected chi connectivity index (χ1v) is 9.75. The summed E-state index contributed by atoms with van der Waals surface area (Å²) in [6.45, 7) is 3.24. The van der Waals surface area contributed by atoms with Gasteiger partial charge in [-0.1, -0.05) is 0 Å². The number of benzene rings is 2. The van der Waals surface area contributed by atoms with Gasteiger partial charge in [-0.15, -0.1) is 12.4 Å². The Morgan fingerprint density at radius 2 is 1.10 bits per heavy atom. The average Bonchev–Trinajstić information content (AvgIpc) is 3.48. The monoisotopic (exact) mass is 438 g/mol. The van der Waals surface area contributed by atoms with Gasteiger partial charge in [-0.05, 0) is 48.5 Å². The van der Waals surface area contributed by atoms with Crippen LogP contribution < -0.4 is 21.3 Å². The fourth-order valence-electron chi connectivity index (χ4n) is 3.12. The van der Waals surface area contributed by atoms with Crippen molar-refractivity contribution in [2.75, 3.05) is 36.8 Å². The SMILES string of the molecule is Cl.O=C(/C=C\C(=O)Nc1ccc(C2=NCCN2)cc1)Nc1ccc(C2=NCCN2)cc1. The van der Waals surface area contributed by atoms with Crippen LogP contribution in [0.2, 0.25) is 0 Å². The highest BCUT2D eigenvalue weighted by molar-refractivity contribution is 6.07. The molecule has 4 N–H and O–H groups in total. The standard InChI is InChI=1S/C22H22N6O2.ClH/c29-19(27-17-5-1-15(2-6-17)21-23-11-12-24-21)9-10-20(30)28-18-7-3-16(4-8-18)22-25-13-14-26-22;/h1-10H,11-14H2,(H,23,24)(H,25,26)(H,27,29)(H,28,30);1H/b10-9-;. The predicted octanol–water partition coefficient (Wildman–Crippen LogP) is 1.94. The van der Waals surface area contributed by atoms with E-state index in [-0.39, 0.29) is 24.2 Å². The highest BCUT2D eigenvalue weighted by Gasteiger charge is 2.09. The van der Waals surface area contributed by atoms with Crippen molar-refractivity contribution in [1.82, 2.24) is 10.6 Å². The van der Waals surface area contributed by atoms with Gasteiger partial charge in [-0.25, -0.2) is 0 Å². The number of nitrogens with one attached hydrogen (secondary N) is 4. The Labute approximate surface area is 186 Å². The minimum atomic E-state index is -0.380. The van der Waals surface area contributed by atoms with Crippen LogP contribution >= 0.6 is 12.4 Å². The Hall–Kier alpha value is -3.65. The zero-order valence-corrected chi connectivity index (χ0v) is 17.5. The molecule has 2 amide bonds. The largest absolute Gasteiger partial charge is 0.368 e. The van der Waals surface area contributed by atoms with Crippen LogP contribution in [0, 0.1) is 0 Å². The first-order valence-electron chi connectivity index (χ1n) is 9.75. The van der Waals surface area contributed by atoms with Gasteiger partial charge in [0.25, 0.3) is 0 Å². The molecule has 0 aliphatic carbocycles. The van der Waals surface area contributed by atoms with Crippen LogP contribution in [-0.2, 0) is 9.59 Å². The molecule has 8 nitrogen and oxygen atoms in total. The van der Waals surface area contributed by atoms with Crippen LogP contribution in [0.15, 0.2) is 70.7 Å². The minimum absolute atomic E-state index is 0. The molecule has 9 heteroatoms. The van der Waals surface area contributed by atoms with E-state index in [0.29, 0.717) is 11.4 Å². The maximum absolute atomic E-state index is 12.1. The van der Waals surface area contributed by atoms with Gasteiger partial charge < -0.3 is 21.3 Å². The normalized spacial score (nSPS) is 14.7. The van der Waals surface area contributed by atoms with Gasteiger partial charge in [0.1, 0.15) is 11.7 Å². The van der Waals surface area contributed by atoms with E-state index in [0.717, 1.165) is 49.0 Å². The molecule has 160 valence electrons. The number of rotatable bonds is 6. The third kappa shape index (κ3) is 5.93. The number of carbonyl (C=O) groups excluding carboxylic acids is 2. The minimum Gasteiger partial charge on any atom is -0.368 e. The Balaban J connectivity index is 0.00000272. The van der Waals surface area contributed by atoms with Crippen LogP contribution in [-0.4, -0.2) is 49.7 Å². The molecule has 0 radical (unpaired) electrons. The Morgan fingerprint density at radius 1 is 0.710 bits per heavy atom. The molecule has 2 heterocycles. The summed E-state index contributed by atoms with van der Waals surface area (Å²) in [5.74, 6) is 0.972. The summed E-state index contributed by atoms with van der Waals surface area (Å²) < 4.78 is 0. The second-order valence-electron chi connectivity index (χ2n) is 6.78. The summed E-state index contributed by atoms with van der Waals surface area (Å²) in [6.07, 6.45) is 2.41. The van der Waals surface area contributed by atoms with Gasteiger partial charge in [0.15, 0.2) is 0 Å². The van der Waals surface area contributed by atoms with Gasteiger partial charge in [0, 0.05) is 47.7 Å². The highest BCUT2D eigenvalue weighted by Crippen LogP contribution is 2.12. The Kier molecular flexibility index (Phi) is 7.40. The average molecular weight is 439 g/mol. The number of hydrogen-bond donors (Lipinski definition) is 4. The smallest absolute Gasteiger partial charge is 0.248 e. The summed E-state index contributed by atoms with van der Waals surface area (Å²) in [5.41, 5.74) is 3.24. The lowest BCUT2D eigenvalue weighted by molar-refractivity contribution is -0.114. The van der Waals surface area contributed by atoms with E-state index in [4.69, 9.17) is 0 Å². The molecule has 2 aromatic rings. The molecule has 0 atom stereocenters. The highest BCUT2D eigenvalue weighted by atomic mass is 35.5. The van der Waals surface area contributed by atoms with Crippen molar-refractivity contribution < 1.29 is 9.59 Å². The lowest BCUT2D eigenvalue weighted by atomic mass is 10.2. The second kappa shape index (κ2) is 10.4. The number of carbonyl (C=O) groups is 2. The number of amidine groups is 2. The zero-order chi connectivity index (χ0) is 20.8. The Bertz CT molecular complexity index is 945. The van der Waals surface area contributed by atoms with Gasteiger partial charge in [0.2, 0.25) is 11.8 Å². The van der Waals surface area contributed by atoms with Crippen LogP contribution in [0.4, 0.5) is 11.4 Å². The topological polar surface area (TPSA) is 107 Å². The van der Waals surface area contributed by atoms with Crippen LogP contribution in [0.1, 0.15) is 11.1 Å². The molecule has 2 aliphatic rings. The lowest BCUT2D eigenvalue weighted by Gasteiger charge is -2.06. The number of nitrogens with zero attached hydrogens (tertiary/aromatic N) is 2. The molecule has 0 unspecified atom stereocenters. The number of hydrogen-bond acceptors (Lipinski definition) is 6. The van der Waals surface area contributed by atoms with Crippen molar-refractivity contribution in [1.29, 1.82) is 0 Å². The van der Waals surface area contributed by atoms with Crippen LogP contribution in [0.25, 0.3) is 0 Å². The summed E-state index contributed by atoms with van der Waals surface area (Å²) >= 11 is 0. The molecule has 0 aromatic heterocycles. The van der Waals surface area contributed by atoms with E-state index in [9.17, 15) is 9.59 Å². The van der Waals surface area contributed by atoms with Crippen LogP contribution in [0.5, 0.6) is 0 Å². The van der Waals surface area contributed by atoms with Gasteiger partial charge >= 0.3 is 0 Å². The van der Waals surface area contributed by atoms with E-state index in [1.807, 2.05) is 24.3 Å². The van der Waals surface area contributed by atoms with Gasteiger partial charge in [-0.2, -0.15) is 0 Å². The Morgan fingerprint density at radius 3 is 1.42 bits per heavy atom. The number of amides is 2. The lowest BCUT2D eigenvalue weighted by Crippen LogP contribution is -2.19.